The van der Waals surface area contributed by atoms with Crippen molar-refractivity contribution in [1.82, 2.24) is 44.9 Å². The first kappa shape index (κ1) is 93.9. The van der Waals surface area contributed by atoms with Crippen molar-refractivity contribution >= 4 is 188 Å². The Morgan fingerprint density at radius 2 is 0.671 bits per heavy atom. The molecule has 0 aromatic carbocycles. The van der Waals surface area contributed by atoms with Gasteiger partial charge in [-0.3, -0.25) is 39.5 Å². The standard InChI is InChI=1S/C13H22N4O3S.3C10H16N2O8.4Bi/c1-14-13(9-17(18)19)15-6-7-21-10-12-5-4-11(20-12)8-16(2)3;3*13-7(14)3-11(4-8(15)16)1-2-12(5-9(17)18)6-10(19)20;;;;/h4-5,9,14-15H,6-8,10H2,1-3H3;3*1-6H2,(H,13,14)(H,15,16)(H,17,18)(H,19,20);;;;/q;;;;4*+3/p-12. The second kappa shape index (κ2) is 55.8. The van der Waals surface area contributed by atoms with E-state index in [4.69, 9.17) is 4.42 Å². The molecule has 37 nitrogen and oxygen atoms in total. The summed E-state index contributed by atoms with van der Waals surface area (Å²) in [4.78, 5) is 142. The van der Waals surface area contributed by atoms with E-state index in [0.717, 1.165) is 65.2 Å². The van der Waals surface area contributed by atoms with Crippen molar-refractivity contribution in [2.75, 3.05) is 151 Å². The van der Waals surface area contributed by atoms with Gasteiger partial charge in [0.2, 0.25) is 0 Å². The van der Waals surface area contributed by atoms with Crippen molar-refractivity contribution in [3.63, 3.8) is 0 Å². The maximum Gasteiger partial charge on any atom is 3.00 e. The first-order valence-electron chi connectivity index (χ1n) is 22.9. The van der Waals surface area contributed by atoms with Gasteiger partial charge in [0, 0.05) is 137 Å². The van der Waals surface area contributed by atoms with E-state index >= 15 is 0 Å². The largest absolute Gasteiger partial charge is 3.00 e. The van der Waals surface area contributed by atoms with E-state index in [1.165, 1.54) is 0 Å². The molecule has 0 saturated heterocycles. The number of hydrogen-bond donors (Lipinski definition) is 2. The van der Waals surface area contributed by atoms with Gasteiger partial charge in [-0.15, -0.1) is 0 Å². The second-order valence-electron chi connectivity index (χ2n) is 16.4. The van der Waals surface area contributed by atoms with Gasteiger partial charge in [0.05, 0.1) is 88.9 Å². The molecular weight excluding hydrogens is 1960 g/mol. The zero-order valence-corrected chi connectivity index (χ0v) is 60.3. The first-order valence-corrected chi connectivity index (χ1v) is 24.1. The SMILES string of the molecule is CNC(=C[N+](=O)[O-])NCCSCc1ccc(CN(C)C)o1.O=C([O-])CN(CCN(CC(=O)[O-])CC(=O)[O-])CC(=O)[O-].O=C([O-])CN(CCN(CC(=O)[O-])CC(=O)[O-])CC(=O)[O-].O=C([O-])CN(CCN(CC(=O)[O-])CC(=O)[O-])CC(=O)[O-].[Bi+3].[Bi+3].[Bi+3].[Bi+3]. The number of nitro groups is 1. The van der Waals surface area contributed by atoms with Gasteiger partial charge >= 0.3 is 105 Å². The maximum atomic E-state index is 10.4. The summed E-state index contributed by atoms with van der Waals surface area (Å²) in [5, 5.41) is 141. The number of aliphatic carboxylic acids is 12. The Hall–Kier alpha value is -4.74. The molecule has 0 bridgehead atoms. The van der Waals surface area contributed by atoms with Crippen LogP contribution in [0.15, 0.2) is 28.6 Å². The third kappa shape index (κ3) is 65.1. The quantitative estimate of drug-likeness (QED) is 0.0265. The van der Waals surface area contributed by atoms with Gasteiger partial charge in [-0.1, -0.05) is 0 Å². The maximum absolute atomic E-state index is 10.4. The molecule has 0 unspecified atom stereocenters. The molecule has 0 amide bonds. The fourth-order valence-corrected chi connectivity index (χ4v) is 6.70. The van der Waals surface area contributed by atoms with Crippen LogP contribution in [0.1, 0.15) is 11.5 Å². The minimum atomic E-state index is -1.53. The Morgan fingerprint density at radius 3 is 0.859 bits per heavy atom. The minimum Gasteiger partial charge on any atom is -0.549 e. The van der Waals surface area contributed by atoms with Crippen LogP contribution >= 0.6 is 11.8 Å². The summed E-state index contributed by atoms with van der Waals surface area (Å²) in [6.45, 7) is -8.31. The van der Waals surface area contributed by atoms with Gasteiger partial charge in [0.15, 0.2) is 5.82 Å². The average Bonchev–Trinajstić information content (AvgIpc) is 3.73. The Labute approximate surface area is 565 Å². The van der Waals surface area contributed by atoms with Gasteiger partial charge in [0.25, 0.3) is 6.20 Å². The third-order valence-electron chi connectivity index (χ3n) is 8.93. The molecule has 0 fully saturated rings. The predicted molar refractivity (Wildman–Crippen MR) is 266 cm³/mol. The van der Waals surface area contributed by atoms with E-state index in [0.29, 0.717) is 12.4 Å². The smallest absolute Gasteiger partial charge is 0.549 e. The van der Waals surface area contributed by atoms with Crippen LogP contribution in [-0.2, 0) is 69.8 Å². The monoisotopic (exact) mass is 2010 g/mol. The number of furan rings is 1. The van der Waals surface area contributed by atoms with Crippen LogP contribution in [0.2, 0.25) is 0 Å². The number of carboxylic acid groups (broad SMARTS) is 12. The topological polar surface area (TPSA) is 585 Å². The Bertz CT molecular complexity index is 1880. The van der Waals surface area contributed by atoms with E-state index in [1.807, 2.05) is 26.2 Å². The van der Waals surface area contributed by atoms with Crippen molar-refractivity contribution in [3.8, 4) is 0 Å². The molecule has 1 rings (SSSR count). The third-order valence-corrected chi connectivity index (χ3v) is 9.91. The summed E-state index contributed by atoms with van der Waals surface area (Å²) in [7, 11) is 5.64. The molecule has 42 heteroatoms. The van der Waals surface area contributed by atoms with E-state index in [1.54, 1.807) is 18.8 Å². The number of carbonyl (C=O) groups excluding carboxylic acids is 12. The number of hydrogen-bond acceptors (Lipinski definition) is 37. The summed E-state index contributed by atoms with van der Waals surface area (Å²) in [5.74, 6) is -14.4. The van der Waals surface area contributed by atoms with Gasteiger partial charge in [0.1, 0.15) is 11.5 Å². The van der Waals surface area contributed by atoms with Crippen molar-refractivity contribution in [2.24, 2.45) is 0 Å². The molecule has 1 aromatic rings. The van der Waals surface area contributed by atoms with E-state index in [-0.39, 0.29) is 144 Å². The molecule has 0 atom stereocenters. The molecule has 1 heterocycles. The number of nitrogens with one attached hydrogen (secondary N) is 2. The van der Waals surface area contributed by atoms with Crippen LogP contribution in [0.3, 0.4) is 0 Å². The average molecular weight is 2010 g/mol. The number of carbonyl (C=O) groups is 12. The normalized spacial score (nSPS) is 10.4. The van der Waals surface area contributed by atoms with Crippen LogP contribution in [0, 0.1) is 10.1 Å². The van der Waals surface area contributed by atoms with Gasteiger partial charge in [-0.25, -0.2) is 0 Å². The van der Waals surface area contributed by atoms with E-state index < -0.39 is 155 Å². The number of thioether (sulfide) groups is 1. The Kier molecular flexibility index (Phi) is 61.7. The summed E-state index contributed by atoms with van der Waals surface area (Å²) in [6.07, 6.45) is 0.921. The van der Waals surface area contributed by atoms with Crippen LogP contribution in [0.5, 0.6) is 0 Å². The van der Waals surface area contributed by atoms with Crippen molar-refractivity contribution in [3.05, 3.63) is 45.8 Å². The zero-order chi connectivity index (χ0) is 62.8. The molecule has 8 radical (unpaired) electrons. The van der Waals surface area contributed by atoms with Crippen LogP contribution in [-0.4, -0.2) is 367 Å². The predicted octanol–water partition coefficient (Wildman–Crippen LogP) is -22.3. The van der Waals surface area contributed by atoms with E-state index in [2.05, 4.69) is 15.5 Å². The Balaban J connectivity index is -0.000000188. The van der Waals surface area contributed by atoms with Crippen molar-refractivity contribution in [2.45, 2.75) is 12.3 Å². The van der Waals surface area contributed by atoms with Crippen molar-refractivity contribution < 1.29 is 128 Å². The second-order valence-corrected chi connectivity index (χ2v) is 17.5. The zero-order valence-electron chi connectivity index (χ0n) is 45.6. The van der Waals surface area contributed by atoms with Gasteiger partial charge < -0.3 is 139 Å². The molecule has 85 heavy (non-hydrogen) atoms. The van der Waals surface area contributed by atoms with Gasteiger partial charge in [-0.05, 0) is 26.2 Å². The fraction of sp³-hybridized carbons (Fsp3) is 0.581. The van der Waals surface area contributed by atoms with Crippen LogP contribution in [0.4, 0.5) is 0 Å². The number of nitrogens with zero attached hydrogens (tertiary/aromatic N) is 8. The van der Waals surface area contributed by atoms with Crippen molar-refractivity contribution in [1.29, 1.82) is 0 Å². The molecular formula is C43H58Bi4N10O27S. The molecule has 0 aliphatic heterocycles. The molecule has 1 aromatic heterocycles. The number of rotatable bonds is 43. The number of carboxylic acids is 12. The summed E-state index contributed by atoms with van der Waals surface area (Å²) in [5.41, 5.74) is 0. The molecule has 0 spiro atoms. The van der Waals surface area contributed by atoms with Gasteiger partial charge in [-0.2, -0.15) is 11.8 Å². The van der Waals surface area contributed by atoms with E-state index in [9.17, 15) is 129 Å². The first-order chi connectivity index (χ1) is 37.6. The fourth-order valence-electron chi connectivity index (χ4n) is 5.95. The summed E-state index contributed by atoms with van der Waals surface area (Å²) >= 11 is 1.72. The van der Waals surface area contributed by atoms with Crippen LogP contribution in [0.25, 0.3) is 0 Å². The Morgan fingerprint density at radius 1 is 0.447 bits per heavy atom. The molecule has 0 aliphatic carbocycles. The van der Waals surface area contributed by atoms with Crippen LogP contribution < -0.4 is 71.9 Å². The molecule has 2 N–H and O–H groups in total. The molecule has 0 aliphatic rings. The minimum absolute atomic E-state index is 0. The summed E-state index contributed by atoms with van der Waals surface area (Å²) < 4.78 is 5.70. The molecule has 0 saturated carbocycles. The summed E-state index contributed by atoms with van der Waals surface area (Å²) in [6, 6.07) is 3.98. The molecule has 468 valence electrons.